The summed E-state index contributed by atoms with van der Waals surface area (Å²) in [5, 5.41) is 3.09. The predicted molar refractivity (Wildman–Crippen MR) is 121 cm³/mol. The molecule has 1 fully saturated rings. The van der Waals surface area contributed by atoms with Crippen molar-refractivity contribution in [1.82, 2.24) is 4.90 Å². The normalized spacial score (nSPS) is 14.0. The summed E-state index contributed by atoms with van der Waals surface area (Å²) in [5.41, 5.74) is 3.68. The number of aryl methyl sites for hydroxylation is 2. The summed E-state index contributed by atoms with van der Waals surface area (Å²) in [5.74, 6) is 1.21. The molecule has 31 heavy (non-hydrogen) atoms. The number of rotatable bonds is 7. The van der Waals surface area contributed by atoms with Crippen LogP contribution in [0.1, 0.15) is 36.1 Å². The van der Waals surface area contributed by atoms with Crippen molar-refractivity contribution in [1.29, 1.82) is 0 Å². The Balaban J connectivity index is 1.58. The third kappa shape index (κ3) is 4.45. The lowest BCUT2D eigenvalue weighted by Crippen LogP contribution is -2.49. The van der Waals surface area contributed by atoms with Crippen molar-refractivity contribution in [3.05, 3.63) is 89.5 Å². The molecule has 5 heteroatoms. The number of anilines is 1. The minimum absolute atomic E-state index is 0.00902. The van der Waals surface area contributed by atoms with Crippen molar-refractivity contribution in [3.8, 4) is 11.5 Å². The van der Waals surface area contributed by atoms with Crippen molar-refractivity contribution in [2.24, 2.45) is 0 Å². The smallest absolute Gasteiger partial charge is 0.251 e. The number of para-hydroxylation sites is 2. The summed E-state index contributed by atoms with van der Waals surface area (Å²) in [6, 6.07) is 22.2. The molecular formula is C26H26N2O3. The topological polar surface area (TPSA) is 58.6 Å². The highest BCUT2D eigenvalue weighted by molar-refractivity contribution is 6.00. The molecule has 0 aromatic heterocycles. The van der Waals surface area contributed by atoms with Crippen LogP contribution in [0.4, 0.5) is 5.69 Å². The molecule has 3 aromatic rings. The lowest BCUT2D eigenvalue weighted by Gasteiger charge is -2.37. The molecule has 5 nitrogen and oxygen atoms in total. The number of nitrogens with one attached hydrogen (secondary N) is 1. The van der Waals surface area contributed by atoms with E-state index in [0.29, 0.717) is 18.7 Å². The van der Waals surface area contributed by atoms with Gasteiger partial charge in [-0.3, -0.25) is 9.59 Å². The van der Waals surface area contributed by atoms with Crippen LogP contribution in [-0.2, 0) is 16.0 Å². The van der Waals surface area contributed by atoms with Gasteiger partial charge >= 0.3 is 0 Å². The van der Waals surface area contributed by atoms with Crippen molar-refractivity contribution in [2.75, 3.05) is 11.9 Å². The molecular weight excluding hydrogens is 388 g/mol. The average molecular weight is 415 g/mol. The molecule has 1 aliphatic heterocycles. The van der Waals surface area contributed by atoms with Gasteiger partial charge in [-0.15, -0.1) is 0 Å². The van der Waals surface area contributed by atoms with Crippen molar-refractivity contribution >= 4 is 17.5 Å². The van der Waals surface area contributed by atoms with Gasteiger partial charge in [-0.25, -0.2) is 0 Å². The standard InChI is InChI=1S/C26H26N2O3/c1-3-19-9-7-8-18(2)24(19)27-26(30)25(28-17-16-23(28)29)20-12-14-22(15-13-20)31-21-10-5-4-6-11-21/h4-15,25H,3,16-17H2,1-2H3,(H,27,30). The van der Waals surface area contributed by atoms with Crippen LogP contribution < -0.4 is 10.1 Å². The Kier molecular flexibility index (Phi) is 6.03. The van der Waals surface area contributed by atoms with Crippen molar-refractivity contribution < 1.29 is 14.3 Å². The largest absolute Gasteiger partial charge is 0.457 e. The molecule has 1 unspecified atom stereocenters. The minimum atomic E-state index is -0.670. The van der Waals surface area contributed by atoms with Crippen LogP contribution >= 0.6 is 0 Å². The van der Waals surface area contributed by atoms with E-state index in [1.807, 2.05) is 79.7 Å². The fraction of sp³-hybridized carbons (Fsp3) is 0.231. The van der Waals surface area contributed by atoms with Gasteiger partial charge in [0.15, 0.2) is 0 Å². The third-order valence-corrected chi connectivity index (χ3v) is 5.61. The quantitative estimate of drug-likeness (QED) is 0.537. The van der Waals surface area contributed by atoms with Gasteiger partial charge < -0.3 is 15.0 Å². The van der Waals surface area contributed by atoms with E-state index in [4.69, 9.17) is 4.74 Å². The van der Waals surface area contributed by atoms with Crippen LogP contribution in [0.2, 0.25) is 0 Å². The van der Waals surface area contributed by atoms with E-state index < -0.39 is 6.04 Å². The maximum absolute atomic E-state index is 13.4. The van der Waals surface area contributed by atoms with E-state index >= 15 is 0 Å². The van der Waals surface area contributed by atoms with E-state index in [1.54, 1.807) is 4.90 Å². The highest BCUT2D eigenvalue weighted by Crippen LogP contribution is 2.31. The van der Waals surface area contributed by atoms with Gasteiger partial charge in [-0.1, -0.05) is 55.5 Å². The van der Waals surface area contributed by atoms with E-state index in [1.165, 1.54) is 0 Å². The summed E-state index contributed by atoms with van der Waals surface area (Å²) in [7, 11) is 0. The van der Waals surface area contributed by atoms with Crippen molar-refractivity contribution in [3.63, 3.8) is 0 Å². The molecule has 1 atom stereocenters. The molecule has 0 radical (unpaired) electrons. The van der Waals surface area contributed by atoms with Crippen LogP contribution in [0.15, 0.2) is 72.8 Å². The maximum Gasteiger partial charge on any atom is 0.251 e. The van der Waals surface area contributed by atoms with E-state index in [9.17, 15) is 9.59 Å². The number of amides is 2. The molecule has 1 heterocycles. The zero-order chi connectivity index (χ0) is 21.8. The number of ether oxygens (including phenoxy) is 1. The molecule has 1 aliphatic rings. The zero-order valence-electron chi connectivity index (χ0n) is 17.8. The monoisotopic (exact) mass is 414 g/mol. The molecule has 0 bridgehead atoms. The molecule has 1 N–H and O–H groups in total. The van der Waals surface area contributed by atoms with Gasteiger partial charge in [0, 0.05) is 18.7 Å². The molecule has 0 spiro atoms. The van der Waals surface area contributed by atoms with E-state index in [0.717, 1.165) is 34.5 Å². The van der Waals surface area contributed by atoms with Gasteiger partial charge in [-0.05, 0) is 54.3 Å². The van der Waals surface area contributed by atoms with Gasteiger partial charge in [0.25, 0.3) is 5.91 Å². The number of hydrogen-bond donors (Lipinski definition) is 1. The first-order valence-electron chi connectivity index (χ1n) is 10.6. The first-order valence-corrected chi connectivity index (χ1v) is 10.6. The number of carbonyl (C=O) groups excluding carboxylic acids is 2. The fourth-order valence-corrected chi connectivity index (χ4v) is 3.81. The Morgan fingerprint density at radius 2 is 1.71 bits per heavy atom. The van der Waals surface area contributed by atoms with Crippen molar-refractivity contribution in [2.45, 2.75) is 32.7 Å². The summed E-state index contributed by atoms with van der Waals surface area (Å²) in [6.45, 7) is 4.62. The number of carbonyl (C=O) groups is 2. The summed E-state index contributed by atoms with van der Waals surface area (Å²) >= 11 is 0. The molecule has 0 aliphatic carbocycles. The van der Waals surface area contributed by atoms with Gasteiger partial charge in [-0.2, -0.15) is 0 Å². The lowest BCUT2D eigenvalue weighted by atomic mass is 9.99. The fourth-order valence-electron chi connectivity index (χ4n) is 3.81. The van der Waals surface area contributed by atoms with Crippen LogP contribution in [0.25, 0.3) is 0 Å². The van der Waals surface area contributed by atoms with Crippen LogP contribution in [0, 0.1) is 6.92 Å². The van der Waals surface area contributed by atoms with Crippen LogP contribution in [0.5, 0.6) is 11.5 Å². The zero-order valence-corrected chi connectivity index (χ0v) is 17.8. The Morgan fingerprint density at radius 1 is 1.00 bits per heavy atom. The minimum Gasteiger partial charge on any atom is -0.457 e. The molecule has 4 rings (SSSR count). The van der Waals surface area contributed by atoms with Gasteiger partial charge in [0.2, 0.25) is 5.91 Å². The maximum atomic E-state index is 13.4. The number of hydrogen-bond acceptors (Lipinski definition) is 3. The van der Waals surface area contributed by atoms with E-state index in [-0.39, 0.29) is 11.8 Å². The second-order valence-corrected chi connectivity index (χ2v) is 7.68. The van der Waals surface area contributed by atoms with Gasteiger partial charge in [0.1, 0.15) is 17.5 Å². The average Bonchev–Trinajstić information content (AvgIpc) is 2.79. The molecule has 3 aromatic carbocycles. The van der Waals surface area contributed by atoms with Crippen LogP contribution in [-0.4, -0.2) is 23.3 Å². The first-order chi connectivity index (χ1) is 15.1. The Hall–Kier alpha value is -3.60. The van der Waals surface area contributed by atoms with E-state index in [2.05, 4.69) is 12.2 Å². The third-order valence-electron chi connectivity index (χ3n) is 5.61. The molecule has 2 amide bonds. The predicted octanol–water partition coefficient (Wildman–Crippen LogP) is 5.26. The Bertz CT molecular complexity index is 1080. The van der Waals surface area contributed by atoms with Crippen LogP contribution in [0.3, 0.4) is 0 Å². The van der Waals surface area contributed by atoms with Gasteiger partial charge in [0.05, 0.1) is 0 Å². The lowest BCUT2D eigenvalue weighted by molar-refractivity contribution is -0.147. The molecule has 0 saturated carbocycles. The number of benzene rings is 3. The molecule has 158 valence electrons. The Morgan fingerprint density at radius 3 is 2.32 bits per heavy atom. The second-order valence-electron chi connectivity index (χ2n) is 7.68. The number of likely N-dealkylation sites (tertiary alicyclic amines) is 1. The number of nitrogens with zero attached hydrogens (tertiary/aromatic N) is 1. The SMILES string of the molecule is CCc1cccc(C)c1NC(=O)C(c1ccc(Oc2ccccc2)cc1)N1CCC1=O. The summed E-state index contributed by atoms with van der Waals surface area (Å²) in [6.07, 6.45) is 1.29. The number of β-lactam (4-membered cyclic amide) rings is 1. The first kappa shape index (κ1) is 20.7. The summed E-state index contributed by atoms with van der Waals surface area (Å²) < 4.78 is 5.86. The molecule has 1 saturated heterocycles. The summed E-state index contributed by atoms with van der Waals surface area (Å²) in [4.78, 5) is 27.2. The Labute approximate surface area is 182 Å². The highest BCUT2D eigenvalue weighted by atomic mass is 16.5. The highest BCUT2D eigenvalue weighted by Gasteiger charge is 2.37. The second kappa shape index (κ2) is 9.04.